The van der Waals surface area contributed by atoms with Gasteiger partial charge in [0.1, 0.15) is 120 Å². The molecule has 2 rings (SSSR count). The van der Waals surface area contributed by atoms with Crippen LogP contribution in [0.4, 0.5) is 0 Å². The van der Waals surface area contributed by atoms with E-state index in [4.69, 9.17) is 10.5 Å². The summed E-state index contributed by atoms with van der Waals surface area (Å²) in [5.74, 6) is -22.0. The summed E-state index contributed by atoms with van der Waals surface area (Å²) in [7, 11) is 0. The summed E-state index contributed by atoms with van der Waals surface area (Å²) >= 11 is 0. The van der Waals surface area contributed by atoms with E-state index in [0.717, 1.165) is 19.3 Å². The SMILES string of the molecule is C=C(N=C(O)C(N=C(O)C(N=C(O)C(CCO)N=C(O)C(=CC)N=C(O)C(N=C(O)C(N=C(O)C(C)N=C(O)C(C)N=C(O)C(C)N=C(O)C1CCCN1C(=O)C(=CC)N=C(O)CC(O)CC=CCCCC)C(C)C)C(C)C)C(C)C)C(C)CC)C(O)=NC(C)C(O)=NC(C)C(O)=NC(C)C(O)=NC(C(O)=NC(=CC)C(O)=NC1C(O)=NC(C)C(O)=NC(CCN)C(O)=NC(CO)C(O)=NC(C(C)CC)C(=O)OC1C)C(C)C. The maximum absolute atomic E-state index is 13.9. The van der Waals surface area contributed by atoms with Crippen molar-refractivity contribution in [2.75, 3.05) is 26.3 Å². The van der Waals surface area contributed by atoms with Gasteiger partial charge in [-0.25, -0.2) is 110 Å². The number of cyclic esters (lactones) is 1. The Hall–Kier alpha value is -13.6. The fourth-order valence-electron chi connectivity index (χ4n) is 13.7. The minimum atomic E-state index is -1.82. The number of unbranched alkanes of at least 4 members (excludes halogenated alkanes) is 2. The van der Waals surface area contributed by atoms with Gasteiger partial charge in [0.2, 0.25) is 118 Å². The molecule has 148 heavy (non-hydrogen) atoms. The van der Waals surface area contributed by atoms with Crippen molar-refractivity contribution in [1.29, 1.82) is 0 Å². The third kappa shape index (κ3) is 41.9. The second-order valence-electron chi connectivity index (χ2n) is 37.0. The highest BCUT2D eigenvalue weighted by Crippen LogP contribution is 2.27. The monoisotopic (exact) mass is 2090 g/mol. The van der Waals surface area contributed by atoms with Crippen molar-refractivity contribution in [2.45, 2.75) is 358 Å². The summed E-state index contributed by atoms with van der Waals surface area (Å²) < 4.78 is 5.71. The van der Waals surface area contributed by atoms with Crippen LogP contribution >= 0.6 is 0 Å². The number of allylic oxidation sites excluding steroid dienone is 4. The van der Waals surface area contributed by atoms with Gasteiger partial charge >= 0.3 is 5.97 Å². The molecule has 0 aromatic carbocycles. The van der Waals surface area contributed by atoms with Gasteiger partial charge < -0.3 is 138 Å². The van der Waals surface area contributed by atoms with Crippen LogP contribution in [0.15, 0.2) is 165 Å². The molecule has 2 heterocycles. The van der Waals surface area contributed by atoms with Gasteiger partial charge in [0.25, 0.3) is 5.91 Å². The lowest BCUT2D eigenvalue weighted by atomic mass is 9.98. The molecule has 1 saturated heterocycles. The zero-order valence-electron chi connectivity index (χ0n) is 89.1. The van der Waals surface area contributed by atoms with E-state index in [9.17, 15) is 132 Å². The Morgan fingerprint density at radius 2 is 0.919 bits per heavy atom. The molecular formula is C98H161N23O27. The molecule has 22 unspecified atom stereocenters. The number of aliphatic hydroxyl groups is 24. The van der Waals surface area contributed by atoms with Gasteiger partial charge in [0, 0.05) is 26.0 Å². The molecule has 1 fully saturated rings. The molecule has 0 bridgehead atoms. The first-order chi connectivity index (χ1) is 69.3. The van der Waals surface area contributed by atoms with Crippen LogP contribution in [-0.4, -0.2) is 410 Å². The third-order valence-corrected chi connectivity index (χ3v) is 23.3. The summed E-state index contributed by atoms with van der Waals surface area (Å²) in [4.78, 5) is 115. The van der Waals surface area contributed by atoms with E-state index in [1.54, 1.807) is 90.0 Å². The van der Waals surface area contributed by atoms with Crippen LogP contribution in [0, 0.1) is 35.5 Å². The minimum Gasteiger partial charge on any atom is -0.496 e. The fourth-order valence-corrected chi connectivity index (χ4v) is 13.7. The number of ether oxygens (including phenoxy) is 1. The van der Waals surface area contributed by atoms with Crippen molar-refractivity contribution in [1.82, 2.24) is 4.90 Å². The number of nitrogens with zero attached hydrogens (tertiary/aromatic N) is 22. The molecule has 0 aromatic rings. The molecule has 2 aliphatic heterocycles. The normalized spacial score (nSPS) is 23.1. The largest absolute Gasteiger partial charge is 0.496 e. The van der Waals surface area contributed by atoms with Crippen molar-refractivity contribution < 1.29 is 137 Å². The second kappa shape index (κ2) is 64.5. The molecule has 1 amide bonds. The van der Waals surface area contributed by atoms with Crippen molar-refractivity contribution in [3.05, 3.63) is 59.7 Å². The number of aliphatic hydroxyl groups excluding tert-OH is 24. The molecule has 0 saturated carbocycles. The van der Waals surface area contributed by atoms with E-state index in [-0.39, 0.29) is 38.0 Å². The van der Waals surface area contributed by atoms with Gasteiger partial charge in [-0.3, -0.25) is 4.79 Å². The van der Waals surface area contributed by atoms with Gasteiger partial charge in [-0.05, 0) is 150 Å². The highest BCUT2D eigenvalue weighted by atomic mass is 16.5. The van der Waals surface area contributed by atoms with Crippen LogP contribution in [0.25, 0.3) is 0 Å². The lowest BCUT2D eigenvalue weighted by Gasteiger charge is -2.25. The lowest BCUT2D eigenvalue weighted by molar-refractivity contribution is -0.151. The maximum Gasteiger partial charge on any atom is 0.331 e. The Balaban J connectivity index is 2.50. The lowest BCUT2D eigenvalue weighted by Crippen LogP contribution is -2.41. The average molecular weight is 2090 g/mol. The first-order valence-corrected chi connectivity index (χ1v) is 49.4. The number of amides is 1. The van der Waals surface area contributed by atoms with E-state index in [1.165, 1.54) is 92.4 Å². The Morgan fingerprint density at radius 3 is 1.37 bits per heavy atom. The van der Waals surface area contributed by atoms with Gasteiger partial charge in [-0.15, -0.1) is 0 Å². The van der Waals surface area contributed by atoms with E-state index in [0.29, 0.717) is 25.7 Å². The molecule has 50 nitrogen and oxygen atoms in total. The van der Waals surface area contributed by atoms with Gasteiger partial charge in [-0.2, -0.15) is 0 Å². The third-order valence-electron chi connectivity index (χ3n) is 23.3. The molecule has 0 radical (unpaired) electrons. The quantitative estimate of drug-likeness (QED) is 0.00671. The van der Waals surface area contributed by atoms with E-state index < -0.39 is 329 Å². The van der Waals surface area contributed by atoms with Gasteiger partial charge in [0.15, 0.2) is 24.0 Å². The number of carbonyl (C=O) groups excluding carboxylic acids is 2. The first kappa shape index (κ1) is 130. The molecule has 26 N–H and O–H groups in total. The summed E-state index contributed by atoms with van der Waals surface area (Å²) in [6, 6.07) is -25.1. The van der Waals surface area contributed by atoms with Gasteiger partial charge in [0.05, 0.1) is 12.7 Å². The Labute approximate surface area is 863 Å². The second-order valence-corrected chi connectivity index (χ2v) is 37.0. The molecule has 830 valence electrons. The van der Waals surface area contributed by atoms with Crippen LogP contribution in [0.3, 0.4) is 0 Å². The van der Waals surface area contributed by atoms with Crippen LogP contribution in [-0.2, 0) is 14.3 Å². The summed E-state index contributed by atoms with van der Waals surface area (Å²) in [6.45, 7) is 38.6. The number of hydrogen-bond acceptors (Lipinski definition) is 28. The highest BCUT2D eigenvalue weighted by Gasteiger charge is 2.40. The molecule has 0 spiro atoms. The van der Waals surface area contributed by atoms with Crippen molar-refractivity contribution in [3.8, 4) is 0 Å². The molecule has 50 heteroatoms. The van der Waals surface area contributed by atoms with Crippen molar-refractivity contribution in [2.24, 2.45) is 146 Å². The molecule has 0 aromatic heterocycles. The van der Waals surface area contributed by atoms with Crippen LogP contribution in [0.2, 0.25) is 0 Å². The number of carbonyl (C=O) groups is 2. The topological polar surface area (TPSA) is 818 Å². The number of rotatable bonds is 54. The Kier molecular flexibility index (Phi) is 56.8. The van der Waals surface area contributed by atoms with Crippen LogP contribution < -0.4 is 5.73 Å². The first-order valence-electron chi connectivity index (χ1n) is 49.4. The van der Waals surface area contributed by atoms with Crippen molar-refractivity contribution >= 4 is 136 Å². The Morgan fingerprint density at radius 1 is 0.486 bits per heavy atom. The number of likely N-dealkylation sites (tertiary alicyclic amines) is 1. The smallest absolute Gasteiger partial charge is 0.331 e. The number of nitrogens with two attached hydrogens (primary N) is 1. The fraction of sp³-hybridized carbons (Fsp3) is 0.663. The Bertz CT molecular complexity index is 5190. The van der Waals surface area contributed by atoms with Gasteiger partial charge in [-0.1, -0.05) is 153 Å². The summed E-state index contributed by atoms with van der Waals surface area (Å²) in [5, 5.41) is 268. The standard InChI is InChI=1S/C98H161N23O27/c1-26-32-33-34-35-37-61(124)44-69(125)108-64(31-6)97(146)121-42-36-38-68(121)90(139)105-55(20)80(129)101-54(19)79(128)104-59(24)84(133)115-72(48(11)12)93(142)117-71(47(9)10)92(141)109-62(29-4)85(134)112-66(40-43-122)88(137)116-73(49(13)14)94(143)118-74(50(15)27-2)95(144)106-56(21)81(130)102-52(17)77(126)100-53(18)78(127)103-58(23)83(132)114-70(46(7)8)91(140)110-63(30-5)86(135)120-76-60(25)148-98(147)75(51(16)28-3)119-89(138)67(45-123)113-87(136)65(39-41-99)111-82(131)57(22)107-96(76)145/h29-31,34-35,46-55,57-61,65-68,70-76,122-124H,21,26-28,32-33,36-45,99H2,1-20,22-25H3,(H,100,126)(H,101,129)(H,102,130)(H,103,127)(H,104,128)(H,105,139)(H,106,144)(H,107,145)(H,108,125)(H,109,141)(H,110,140)(H,111,131)(H,112,134)(H,113,136)(H,114,132)(H,115,133)(H,116,137)(H,117,142)(H,118,143)(H,119,138)(H,120,135). The number of hydrogen-bond donors (Lipinski definition) is 25. The average Bonchev–Trinajstić information content (AvgIpc) is 1.74. The van der Waals surface area contributed by atoms with Crippen molar-refractivity contribution in [3.63, 3.8) is 0 Å². The predicted octanol–water partition coefficient (Wildman–Crippen LogP) is 13.0. The van der Waals surface area contributed by atoms with E-state index in [1.807, 2.05) is 12.2 Å². The zero-order valence-corrected chi connectivity index (χ0v) is 89.1. The molecule has 22 atom stereocenters. The van der Waals surface area contributed by atoms with E-state index in [2.05, 4.69) is 118 Å². The summed E-state index contributed by atoms with van der Waals surface area (Å²) in [6.07, 6.45) is 8.88. The summed E-state index contributed by atoms with van der Waals surface area (Å²) in [5.41, 5.74) is 4.16. The van der Waals surface area contributed by atoms with Crippen LogP contribution in [0.5, 0.6) is 0 Å². The van der Waals surface area contributed by atoms with E-state index >= 15 is 0 Å². The number of esters is 1. The molecule has 2 aliphatic rings. The van der Waals surface area contributed by atoms with Crippen LogP contribution in [0.1, 0.15) is 237 Å². The minimum absolute atomic E-state index is 0.101. The predicted molar refractivity (Wildman–Crippen MR) is 581 cm³/mol. The zero-order chi connectivity index (χ0) is 113. The number of aliphatic imine (C=N–C) groups is 21. The maximum atomic E-state index is 13.9. The highest BCUT2D eigenvalue weighted by molar-refractivity contribution is 6.03. The molecular weight excluding hydrogens is 1930 g/mol. The molecule has 0 aliphatic carbocycles.